The van der Waals surface area contributed by atoms with Crippen molar-refractivity contribution in [1.82, 2.24) is 0 Å². The molecule has 0 saturated carbocycles. The Hall–Kier alpha value is -0.374. The van der Waals surface area contributed by atoms with Crippen LogP contribution in [0.15, 0.2) is 0 Å². The maximum atomic E-state index is 9.56. The third-order valence-electron chi connectivity index (χ3n) is 0.664. The van der Waals surface area contributed by atoms with E-state index in [0.29, 0.717) is 0 Å². The monoisotopic (exact) mass is 200 g/mol. The van der Waals surface area contributed by atoms with Crippen LogP contribution in [0.25, 0.3) is 0 Å². The van der Waals surface area contributed by atoms with E-state index < -0.39 is 24.1 Å². The summed E-state index contributed by atoms with van der Waals surface area (Å²) < 4.78 is 0. The van der Waals surface area contributed by atoms with Crippen molar-refractivity contribution in [3.05, 3.63) is 0 Å². The minimum absolute atomic E-state index is 0. The Kier molecular flexibility index (Phi) is 13.8. The molecular weight excluding hydrogens is 192 g/mol. The predicted molar refractivity (Wildman–Crippen MR) is 34.7 cm³/mol. The number of carboxylic acid groups (broad SMARTS) is 2. The first kappa shape index (κ1) is 18.4. The molecule has 0 amide bonds. The molecule has 72 valence electrons. The van der Waals surface area contributed by atoms with E-state index in [9.17, 15) is 30.0 Å². The number of rotatable bonds is 2. The van der Waals surface area contributed by atoms with Gasteiger partial charge in [0.15, 0.2) is 0 Å². The van der Waals surface area contributed by atoms with Gasteiger partial charge in [-0.05, 0) is 0 Å². The number of hydrogen-bond acceptors (Lipinski definition) is 6. The molecular formula is C6H8MgO6-2. The first-order chi connectivity index (χ1) is 5.29. The minimum Gasteiger partial charge on any atom is -0.848 e. The van der Waals surface area contributed by atoms with Crippen LogP contribution in [0.2, 0.25) is 0 Å². The summed E-state index contributed by atoms with van der Waals surface area (Å²) in [5.41, 5.74) is 0. The van der Waals surface area contributed by atoms with Gasteiger partial charge in [-0.2, -0.15) is 0 Å². The number of carbonyl (C=O) groups excluding carboxylic acids is 2. The van der Waals surface area contributed by atoms with Crippen LogP contribution >= 0.6 is 0 Å². The minimum atomic E-state index is -1.59. The van der Waals surface area contributed by atoms with E-state index in [1.165, 1.54) is 0 Å². The normalized spacial score (nSPS) is 12.6. The SMILES string of the molecule is CC([O-])C(=O)[O-].CC([O-])C(=O)[O-].[Mg+2]. The zero-order valence-corrected chi connectivity index (χ0v) is 8.73. The van der Waals surface area contributed by atoms with Crippen LogP contribution in [0, 0.1) is 0 Å². The van der Waals surface area contributed by atoms with Gasteiger partial charge in [0.2, 0.25) is 0 Å². The number of carbonyl (C=O) groups is 2. The Bertz CT molecular complexity index is 137. The first-order valence-corrected chi connectivity index (χ1v) is 3.02. The molecule has 2 unspecified atom stereocenters. The molecule has 0 heterocycles. The molecule has 0 aromatic heterocycles. The second-order valence-electron chi connectivity index (χ2n) is 1.92. The third kappa shape index (κ3) is 18.5. The van der Waals surface area contributed by atoms with Gasteiger partial charge in [0.25, 0.3) is 0 Å². The summed E-state index contributed by atoms with van der Waals surface area (Å²) in [5.74, 6) is -3.09. The largest absolute Gasteiger partial charge is 2.00 e. The van der Waals surface area contributed by atoms with Gasteiger partial charge in [-0.3, -0.25) is 0 Å². The van der Waals surface area contributed by atoms with Crippen molar-refractivity contribution in [1.29, 1.82) is 0 Å². The Morgan fingerprint density at radius 2 is 1.00 bits per heavy atom. The molecule has 0 aliphatic carbocycles. The zero-order valence-electron chi connectivity index (χ0n) is 7.31. The van der Waals surface area contributed by atoms with Crippen LogP contribution in [0.4, 0.5) is 0 Å². The summed E-state index contributed by atoms with van der Waals surface area (Å²) in [5, 5.41) is 37.7. The second-order valence-corrected chi connectivity index (χ2v) is 1.92. The van der Waals surface area contributed by atoms with E-state index in [1.54, 1.807) is 0 Å². The average molecular weight is 200 g/mol. The summed E-state index contributed by atoms with van der Waals surface area (Å²) in [6.07, 6.45) is -3.19. The van der Waals surface area contributed by atoms with E-state index in [1.807, 2.05) is 0 Å². The summed E-state index contributed by atoms with van der Waals surface area (Å²) in [4.78, 5) is 18.6. The summed E-state index contributed by atoms with van der Waals surface area (Å²) in [6.45, 7) is 2.05. The van der Waals surface area contributed by atoms with Crippen molar-refractivity contribution in [2.24, 2.45) is 0 Å². The number of carboxylic acids is 2. The summed E-state index contributed by atoms with van der Waals surface area (Å²) >= 11 is 0. The molecule has 2 atom stereocenters. The smallest absolute Gasteiger partial charge is 0.848 e. The summed E-state index contributed by atoms with van der Waals surface area (Å²) in [7, 11) is 0. The van der Waals surface area contributed by atoms with E-state index in [0.717, 1.165) is 13.8 Å². The first-order valence-electron chi connectivity index (χ1n) is 3.02. The van der Waals surface area contributed by atoms with Gasteiger partial charge in [0.1, 0.15) is 0 Å². The van der Waals surface area contributed by atoms with Gasteiger partial charge in [0, 0.05) is 11.9 Å². The topological polar surface area (TPSA) is 126 Å². The molecule has 0 rings (SSSR count). The van der Waals surface area contributed by atoms with Crippen molar-refractivity contribution >= 4 is 35.0 Å². The molecule has 0 aromatic rings. The van der Waals surface area contributed by atoms with Gasteiger partial charge < -0.3 is 30.0 Å². The molecule has 0 spiro atoms. The average Bonchev–Trinajstić information content (AvgIpc) is 1.88. The fourth-order valence-electron chi connectivity index (χ4n) is 0. The van der Waals surface area contributed by atoms with Crippen molar-refractivity contribution in [3.63, 3.8) is 0 Å². The van der Waals surface area contributed by atoms with Crippen molar-refractivity contribution in [2.45, 2.75) is 26.1 Å². The quantitative estimate of drug-likeness (QED) is 0.409. The molecule has 0 aliphatic heterocycles. The molecule has 0 aromatic carbocycles. The third-order valence-corrected chi connectivity index (χ3v) is 0.664. The molecule has 0 aliphatic rings. The fraction of sp³-hybridized carbons (Fsp3) is 0.667. The van der Waals surface area contributed by atoms with Crippen LogP contribution in [-0.2, 0) is 9.59 Å². The second kappa shape index (κ2) is 9.71. The van der Waals surface area contributed by atoms with Gasteiger partial charge in [-0.15, -0.1) is 0 Å². The van der Waals surface area contributed by atoms with E-state index in [2.05, 4.69) is 0 Å². The van der Waals surface area contributed by atoms with E-state index in [-0.39, 0.29) is 23.1 Å². The maximum Gasteiger partial charge on any atom is 2.00 e. The Morgan fingerprint density at radius 3 is 1.00 bits per heavy atom. The fourth-order valence-corrected chi connectivity index (χ4v) is 0. The number of hydrogen-bond donors (Lipinski definition) is 0. The van der Waals surface area contributed by atoms with Crippen LogP contribution < -0.4 is 20.4 Å². The van der Waals surface area contributed by atoms with Crippen LogP contribution in [-0.4, -0.2) is 47.2 Å². The molecule has 0 fully saturated rings. The van der Waals surface area contributed by atoms with Crippen LogP contribution in [0.3, 0.4) is 0 Å². The maximum absolute atomic E-state index is 9.56. The molecule has 0 radical (unpaired) electrons. The summed E-state index contributed by atoms with van der Waals surface area (Å²) in [6, 6.07) is 0. The van der Waals surface area contributed by atoms with Crippen molar-refractivity contribution in [2.75, 3.05) is 0 Å². The molecule has 0 bridgehead atoms. The molecule has 0 saturated heterocycles. The van der Waals surface area contributed by atoms with Crippen LogP contribution in [0.1, 0.15) is 13.8 Å². The zero-order chi connectivity index (χ0) is 10.3. The Morgan fingerprint density at radius 1 is 0.923 bits per heavy atom. The molecule has 7 heteroatoms. The molecule has 6 nitrogen and oxygen atoms in total. The van der Waals surface area contributed by atoms with Crippen molar-refractivity contribution < 1.29 is 30.0 Å². The van der Waals surface area contributed by atoms with E-state index in [4.69, 9.17) is 0 Å². The predicted octanol–water partition coefficient (Wildman–Crippen LogP) is -5.41. The van der Waals surface area contributed by atoms with E-state index >= 15 is 0 Å². The molecule has 0 N–H and O–H groups in total. The van der Waals surface area contributed by atoms with Gasteiger partial charge in [0.05, 0.1) is 0 Å². The van der Waals surface area contributed by atoms with Crippen molar-refractivity contribution in [3.8, 4) is 0 Å². The molecule has 13 heavy (non-hydrogen) atoms. The standard InChI is InChI=1S/2C3H5O3.Mg/c2*1-2(4)3(5)6;/h2*2H,1H3,(H,5,6);/q2*-1;+2/p-2. The Balaban J connectivity index is -0.000000143. The van der Waals surface area contributed by atoms with Gasteiger partial charge in [-0.1, -0.05) is 26.1 Å². The van der Waals surface area contributed by atoms with Gasteiger partial charge >= 0.3 is 23.1 Å². The van der Waals surface area contributed by atoms with Crippen LogP contribution in [0.5, 0.6) is 0 Å². The Labute approximate surface area is 91.3 Å². The number of aliphatic carboxylic acids is 2. The van der Waals surface area contributed by atoms with Gasteiger partial charge in [-0.25, -0.2) is 0 Å².